The predicted octanol–water partition coefficient (Wildman–Crippen LogP) is 2.03. The highest BCUT2D eigenvalue weighted by molar-refractivity contribution is 5.70. The summed E-state index contributed by atoms with van der Waals surface area (Å²) < 4.78 is 11.6. The molecular formula is C22H38N4O3. The lowest BCUT2D eigenvalue weighted by atomic mass is 10.0. The Morgan fingerprint density at radius 1 is 1.00 bits per heavy atom. The van der Waals surface area contributed by atoms with E-state index in [9.17, 15) is 0 Å². The maximum atomic E-state index is 8.94. The Hall–Kier alpha value is -1.70. The van der Waals surface area contributed by atoms with Crippen molar-refractivity contribution in [3.8, 4) is 11.5 Å². The number of unbranched alkanes of at least 4 members (excludes halogenated alkanes) is 2. The number of aliphatic hydroxyl groups excluding tert-OH is 1. The molecule has 2 fully saturated rings. The lowest BCUT2D eigenvalue weighted by Crippen LogP contribution is -2.52. The van der Waals surface area contributed by atoms with Gasteiger partial charge in [0.25, 0.3) is 0 Å². The van der Waals surface area contributed by atoms with E-state index in [1.165, 1.54) is 39.0 Å². The maximum absolute atomic E-state index is 8.94. The third-order valence-corrected chi connectivity index (χ3v) is 6.23. The number of benzene rings is 1. The third kappa shape index (κ3) is 5.90. The fraction of sp³-hybridized carbons (Fsp3) is 0.727. The number of hydrogen-bond acceptors (Lipinski definition) is 7. The number of rotatable bonds is 9. The molecule has 0 unspecified atom stereocenters. The highest BCUT2D eigenvalue weighted by Gasteiger charge is 2.28. The van der Waals surface area contributed by atoms with Crippen LogP contribution in [0.2, 0.25) is 0 Å². The van der Waals surface area contributed by atoms with Crippen molar-refractivity contribution < 1.29 is 14.6 Å². The molecule has 0 atom stereocenters. The molecule has 0 aromatic heterocycles. The van der Waals surface area contributed by atoms with Gasteiger partial charge in [-0.05, 0) is 39.2 Å². The first-order chi connectivity index (χ1) is 14.1. The van der Waals surface area contributed by atoms with Gasteiger partial charge in [-0.15, -0.1) is 0 Å². The van der Waals surface area contributed by atoms with Crippen LogP contribution < -0.4 is 20.1 Å². The van der Waals surface area contributed by atoms with Crippen LogP contribution >= 0.6 is 0 Å². The van der Waals surface area contributed by atoms with Crippen molar-refractivity contribution in [3.05, 3.63) is 12.1 Å². The summed E-state index contributed by atoms with van der Waals surface area (Å²) in [6.45, 7) is 7.61. The molecule has 2 aliphatic heterocycles. The van der Waals surface area contributed by atoms with E-state index >= 15 is 0 Å². The van der Waals surface area contributed by atoms with Crippen LogP contribution in [0.15, 0.2) is 12.1 Å². The first-order valence-corrected chi connectivity index (χ1v) is 11.0. The standard InChI is InChI=1S/C22H38N4O3/c1-24-10-12-25(13-11-24)18-6-8-26(9-7-18)20-17-21(28-2)19(23)16-22(20)29-15-5-3-4-14-27/h16-18,27H,3-15,23H2,1-2H3. The molecule has 29 heavy (non-hydrogen) atoms. The van der Waals surface area contributed by atoms with Crippen molar-refractivity contribution in [2.24, 2.45) is 0 Å². The smallest absolute Gasteiger partial charge is 0.144 e. The Morgan fingerprint density at radius 3 is 2.38 bits per heavy atom. The molecule has 7 heteroatoms. The fourth-order valence-corrected chi connectivity index (χ4v) is 4.34. The number of piperidine rings is 1. The molecule has 1 aromatic rings. The number of nitrogens with two attached hydrogens (primary N) is 1. The molecule has 3 N–H and O–H groups in total. The number of hydrogen-bond donors (Lipinski definition) is 2. The zero-order valence-corrected chi connectivity index (χ0v) is 18.1. The van der Waals surface area contributed by atoms with Gasteiger partial charge in [0.2, 0.25) is 0 Å². The molecule has 164 valence electrons. The minimum Gasteiger partial charge on any atom is -0.495 e. The van der Waals surface area contributed by atoms with E-state index in [-0.39, 0.29) is 6.61 Å². The summed E-state index contributed by atoms with van der Waals surface area (Å²) >= 11 is 0. The number of methoxy groups -OCH3 is 1. The number of likely N-dealkylation sites (N-methyl/N-ethyl adjacent to an activating group) is 1. The third-order valence-electron chi connectivity index (χ3n) is 6.23. The maximum Gasteiger partial charge on any atom is 0.144 e. The molecule has 0 radical (unpaired) electrons. The van der Waals surface area contributed by atoms with E-state index in [0.717, 1.165) is 43.8 Å². The summed E-state index contributed by atoms with van der Waals surface area (Å²) in [5.41, 5.74) is 7.83. The van der Waals surface area contributed by atoms with Gasteiger partial charge in [0.15, 0.2) is 0 Å². The number of nitrogens with zero attached hydrogens (tertiary/aromatic N) is 3. The second-order valence-electron chi connectivity index (χ2n) is 8.25. The molecule has 0 aliphatic carbocycles. The molecular weight excluding hydrogens is 368 g/mol. The van der Waals surface area contributed by atoms with Crippen molar-refractivity contribution in [1.29, 1.82) is 0 Å². The summed E-state index contributed by atoms with van der Waals surface area (Å²) in [4.78, 5) is 7.49. The normalized spacial score (nSPS) is 19.5. The Bertz CT molecular complexity index is 627. The van der Waals surface area contributed by atoms with Crippen LogP contribution in [0, 0.1) is 0 Å². The Balaban J connectivity index is 1.62. The summed E-state index contributed by atoms with van der Waals surface area (Å²) in [7, 11) is 3.87. The molecule has 2 heterocycles. The molecule has 1 aromatic carbocycles. The summed E-state index contributed by atoms with van der Waals surface area (Å²) in [6.07, 6.45) is 5.06. The lowest BCUT2D eigenvalue weighted by molar-refractivity contribution is 0.0981. The van der Waals surface area contributed by atoms with Gasteiger partial charge in [0.05, 0.1) is 25.1 Å². The second kappa shape index (κ2) is 10.9. The predicted molar refractivity (Wildman–Crippen MR) is 118 cm³/mol. The van der Waals surface area contributed by atoms with Crippen LogP contribution in [-0.4, -0.2) is 87.6 Å². The average molecular weight is 407 g/mol. The zero-order chi connectivity index (χ0) is 20.6. The van der Waals surface area contributed by atoms with Crippen molar-refractivity contribution in [3.63, 3.8) is 0 Å². The van der Waals surface area contributed by atoms with Crippen molar-refractivity contribution in [2.75, 3.05) is 77.3 Å². The number of ether oxygens (including phenoxy) is 2. The van der Waals surface area contributed by atoms with Gasteiger partial charge in [0.1, 0.15) is 11.5 Å². The average Bonchev–Trinajstić information content (AvgIpc) is 2.74. The molecule has 0 saturated carbocycles. The minimum absolute atomic E-state index is 0.239. The van der Waals surface area contributed by atoms with E-state index < -0.39 is 0 Å². The number of nitrogen functional groups attached to an aromatic ring is 1. The molecule has 0 bridgehead atoms. The molecule has 2 aliphatic rings. The van der Waals surface area contributed by atoms with Gasteiger partial charge in [-0.3, -0.25) is 4.90 Å². The van der Waals surface area contributed by atoms with Gasteiger partial charge < -0.3 is 30.1 Å². The van der Waals surface area contributed by atoms with Crippen LogP contribution in [0.5, 0.6) is 11.5 Å². The van der Waals surface area contributed by atoms with Gasteiger partial charge in [0, 0.05) is 64.0 Å². The first kappa shape index (κ1) is 22.0. The van der Waals surface area contributed by atoms with Crippen LogP contribution in [0.4, 0.5) is 11.4 Å². The number of aliphatic hydroxyl groups is 1. The van der Waals surface area contributed by atoms with Crippen molar-refractivity contribution in [1.82, 2.24) is 9.80 Å². The Labute approximate surface area is 175 Å². The van der Waals surface area contributed by atoms with Gasteiger partial charge in [-0.25, -0.2) is 0 Å². The van der Waals surface area contributed by atoms with E-state index in [0.29, 0.717) is 24.1 Å². The van der Waals surface area contributed by atoms with Gasteiger partial charge in [-0.2, -0.15) is 0 Å². The second-order valence-corrected chi connectivity index (χ2v) is 8.25. The monoisotopic (exact) mass is 406 g/mol. The largest absolute Gasteiger partial charge is 0.495 e. The van der Waals surface area contributed by atoms with Crippen molar-refractivity contribution >= 4 is 11.4 Å². The molecule has 0 amide bonds. The molecule has 0 spiro atoms. The summed E-state index contributed by atoms with van der Waals surface area (Å²) in [5.74, 6) is 1.54. The van der Waals surface area contributed by atoms with Gasteiger partial charge in [-0.1, -0.05) is 0 Å². The minimum atomic E-state index is 0.239. The van der Waals surface area contributed by atoms with Crippen LogP contribution in [-0.2, 0) is 0 Å². The highest BCUT2D eigenvalue weighted by Crippen LogP contribution is 2.38. The van der Waals surface area contributed by atoms with Crippen LogP contribution in [0.25, 0.3) is 0 Å². The Morgan fingerprint density at radius 2 is 1.72 bits per heavy atom. The Kier molecular flexibility index (Phi) is 8.27. The van der Waals surface area contributed by atoms with E-state index in [1.54, 1.807) is 7.11 Å². The lowest BCUT2D eigenvalue weighted by Gasteiger charge is -2.42. The molecule has 3 rings (SSSR count). The molecule has 2 saturated heterocycles. The first-order valence-electron chi connectivity index (χ1n) is 11.0. The fourth-order valence-electron chi connectivity index (χ4n) is 4.34. The SMILES string of the molecule is COc1cc(N2CCC(N3CCN(C)CC3)CC2)c(OCCCCCO)cc1N. The van der Waals surface area contributed by atoms with Gasteiger partial charge >= 0.3 is 0 Å². The van der Waals surface area contributed by atoms with E-state index in [4.69, 9.17) is 20.3 Å². The van der Waals surface area contributed by atoms with E-state index in [2.05, 4.69) is 21.7 Å². The summed E-state index contributed by atoms with van der Waals surface area (Å²) in [5, 5.41) is 8.94. The van der Waals surface area contributed by atoms with Crippen LogP contribution in [0.3, 0.4) is 0 Å². The highest BCUT2D eigenvalue weighted by atomic mass is 16.5. The number of anilines is 2. The quantitative estimate of drug-likeness (QED) is 0.480. The summed E-state index contributed by atoms with van der Waals surface area (Å²) in [6, 6.07) is 4.60. The van der Waals surface area contributed by atoms with Crippen LogP contribution in [0.1, 0.15) is 32.1 Å². The topological polar surface area (TPSA) is 74.4 Å². The number of piperazine rings is 1. The van der Waals surface area contributed by atoms with Crippen molar-refractivity contribution in [2.45, 2.75) is 38.1 Å². The van der Waals surface area contributed by atoms with E-state index in [1.807, 2.05) is 12.1 Å². The molecule has 7 nitrogen and oxygen atoms in total. The zero-order valence-electron chi connectivity index (χ0n) is 18.1.